The first-order valence-electron chi connectivity index (χ1n) is 5.36. The van der Waals surface area contributed by atoms with E-state index in [1.54, 1.807) is 0 Å². The first kappa shape index (κ1) is 14.6. The lowest BCUT2D eigenvalue weighted by atomic mass is 10.1. The summed E-state index contributed by atoms with van der Waals surface area (Å²) < 4.78 is 22.7. The normalized spacial score (nSPS) is 11.0. The van der Waals surface area contributed by atoms with Crippen molar-refractivity contribution >= 4 is 17.7 Å². The summed E-state index contributed by atoms with van der Waals surface area (Å²) in [6.07, 6.45) is 0.759. The third kappa shape index (κ3) is 3.77. The molecule has 0 saturated carbocycles. The van der Waals surface area contributed by atoms with Crippen LogP contribution in [-0.2, 0) is 9.53 Å². The van der Waals surface area contributed by atoms with E-state index >= 15 is 0 Å². The number of hydrogen-bond donors (Lipinski definition) is 0. The van der Waals surface area contributed by atoms with E-state index in [-0.39, 0.29) is 23.6 Å². The Morgan fingerprint density at radius 2 is 2.21 bits per heavy atom. The van der Waals surface area contributed by atoms with Crippen molar-refractivity contribution in [3.8, 4) is 5.75 Å². The number of rotatable bonds is 5. The van der Waals surface area contributed by atoms with Crippen molar-refractivity contribution < 1.29 is 23.6 Å². The van der Waals surface area contributed by atoms with E-state index in [4.69, 9.17) is 4.74 Å². The van der Waals surface area contributed by atoms with Gasteiger partial charge in [-0.25, -0.2) is 4.79 Å². The second-order valence-electron chi connectivity index (χ2n) is 3.39. The van der Waals surface area contributed by atoms with Crippen LogP contribution in [0.5, 0.6) is 5.75 Å². The highest BCUT2D eigenvalue weighted by molar-refractivity contribution is 5.92. The molecule has 0 aliphatic heterocycles. The summed E-state index contributed by atoms with van der Waals surface area (Å²) in [5.74, 6) is -2.09. The van der Waals surface area contributed by atoms with Gasteiger partial charge < -0.3 is 9.47 Å². The van der Waals surface area contributed by atoms with Gasteiger partial charge in [-0.1, -0.05) is 0 Å². The van der Waals surface area contributed by atoms with Gasteiger partial charge in [0.25, 0.3) is 5.69 Å². The molecule has 7 heteroatoms. The minimum absolute atomic E-state index is 0.0186. The number of carbonyl (C=O) groups is 1. The maximum absolute atomic E-state index is 13.4. The average Bonchev–Trinajstić information content (AvgIpc) is 2.39. The second kappa shape index (κ2) is 6.48. The summed E-state index contributed by atoms with van der Waals surface area (Å²) in [4.78, 5) is 21.3. The Bertz CT molecular complexity index is 527. The van der Waals surface area contributed by atoms with Crippen molar-refractivity contribution in [2.75, 3.05) is 13.7 Å². The molecule has 0 heterocycles. The van der Waals surface area contributed by atoms with Crippen LogP contribution in [-0.4, -0.2) is 24.6 Å². The lowest BCUT2D eigenvalue weighted by Gasteiger charge is -2.03. The van der Waals surface area contributed by atoms with Gasteiger partial charge in [0.15, 0.2) is 0 Å². The number of halogens is 1. The monoisotopic (exact) mass is 269 g/mol. The number of ether oxygens (including phenoxy) is 2. The molecule has 1 aromatic carbocycles. The predicted octanol–water partition coefficient (Wildman–Crippen LogP) is 2.48. The van der Waals surface area contributed by atoms with Crippen LogP contribution in [0.1, 0.15) is 12.5 Å². The number of nitro benzene ring substituents is 1. The maximum Gasteiger partial charge on any atom is 0.367 e. The van der Waals surface area contributed by atoms with Crippen molar-refractivity contribution in [1.29, 1.82) is 0 Å². The number of carbonyl (C=O) groups excluding carboxylic acids is 1. The molecule has 0 saturated heterocycles. The number of nitro groups is 1. The van der Waals surface area contributed by atoms with Gasteiger partial charge >= 0.3 is 5.97 Å². The Labute approximate surface area is 108 Å². The first-order valence-corrected chi connectivity index (χ1v) is 5.36. The largest absolute Gasteiger partial charge is 0.497 e. The van der Waals surface area contributed by atoms with Crippen molar-refractivity contribution in [1.82, 2.24) is 0 Å². The van der Waals surface area contributed by atoms with E-state index in [0.717, 1.165) is 12.1 Å². The van der Waals surface area contributed by atoms with Crippen molar-refractivity contribution in [3.63, 3.8) is 0 Å². The zero-order valence-corrected chi connectivity index (χ0v) is 10.4. The van der Waals surface area contributed by atoms with Crippen molar-refractivity contribution in [2.24, 2.45) is 0 Å². The number of benzene rings is 1. The van der Waals surface area contributed by atoms with E-state index in [1.165, 1.54) is 26.2 Å². The summed E-state index contributed by atoms with van der Waals surface area (Å²) in [7, 11) is 1.35. The Hall–Kier alpha value is -2.44. The fourth-order valence-electron chi connectivity index (χ4n) is 1.33. The van der Waals surface area contributed by atoms with E-state index in [0.29, 0.717) is 0 Å². The topological polar surface area (TPSA) is 78.7 Å². The van der Waals surface area contributed by atoms with Gasteiger partial charge in [0.2, 0.25) is 5.83 Å². The molecule has 6 nitrogen and oxygen atoms in total. The highest BCUT2D eigenvalue weighted by Crippen LogP contribution is 2.26. The molecule has 1 aromatic rings. The van der Waals surface area contributed by atoms with Gasteiger partial charge in [-0.3, -0.25) is 10.1 Å². The smallest absolute Gasteiger partial charge is 0.367 e. The summed E-state index contributed by atoms with van der Waals surface area (Å²) in [5, 5.41) is 10.8. The molecule has 0 aromatic heterocycles. The molecule has 0 aliphatic carbocycles. The van der Waals surface area contributed by atoms with Gasteiger partial charge in [0.05, 0.1) is 30.3 Å². The molecule has 0 aliphatic rings. The Kier molecular flexibility index (Phi) is 4.99. The number of hydrogen-bond acceptors (Lipinski definition) is 5. The van der Waals surface area contributed by atoms with Crippen LogP contribution in [0.25, 0.3) is 6.08 Å². The second-order valence-corrected chi connectivity index (χ2v) is 3.39. The van der Waals surface area contributed by atoms with E-state index in [1.807, 2.05) is 0 Å². The van der Waals surface area contributed by atoms with Crippen LogP contribution in [0.2, 0.25) is 0 Å². The highest BCUT2D eigenvalue weighted by atomic mass is 19.1. The Morgan fingerprint density at radius 3 is 2.74 bits per heavy atom. The molecule has 0 radical (unpaired) electrons. The third-order valence-electron chi connectivity index (χ3n) is 2.19. The van der Waals surface area contributed by atoms with E-state index < -0.39 is 16.7 Å². The summed E-state index contributed by atoms with van der Waals surface area (Å²) in [6.45, 7) is 1.55. The first-order chi connectivity index (χ1) is 8.99. The molecule has 0 N–H and O–H groups in total. The molecule has 0 bridgehead atoms. The van der Waals surface area contributed by atoms with Crippen LogP contribution < -0.4 is 4.74 Å². The zero-order chi connectivity index (χ0) is 14.4. The van der Waals surface area contributed by atoms with Gasteiger partial charge in [-0.05, 0) is 25.1 Å². The molecule has 102 valence electrons. The van der Waals surface area contributed by atoms with Crippen molar-refractivity contribution in [2.45, 2.75) is 6.92 Å². The van der Waals surface area contributed by atoms with Gasteiger partial charge in [0, 0.05) is 0 Å². The number of nitrogens with zero attached hydrogens (tertiary/aromatic N) is 1. The lowest BCUT2D eigenvalue weighted by molar-refractivity contribution is -0.385. The van der Waals surface area contributed by atoms with Crippen LogP contribution in [0.4, 0.5) is 10.1 Å². The summed E-state index contributed by atoms with van der Waals surface area (Å²) >= 11 is 0. The molecule has 19 heavy (non-hydrogen) atoms. The standard InChI is InChI=1S/C12H12FNO5/c1-3-19-12(15)10(13)6-8-4-5-9(18-2)7-11(8)14(16)17/h4-7H,3H2,1-2H3/b10-6-. The molecule has 1 rings (SSSR count). The quantitative estimate of drug-likeness (QED) is 0.355. The fraction of sp³-hybridized carbons (Fsp3) is 0.250. The molecular formula is C12H12FNO5. The predicted molar refractivity (Wildman–Crippen MR) is 65.4 cm³/mol. The zero-order valence-electron chi connectivity index (χ0n) is 10.4. The molecular weight excluding hydrogens is 257 g/mol. The molecule has 0 atom stereocenters. The van der Waals surface area contributed by atoms with Crippen LogP contribution in [0, 0.1) is 10.1 Å². The summed E-state index contributed by atoms with van der Waals surface area (Å²) in [5.41, 5.74) is -0.407. The molecule has 0 amide bonds. The fourth-order valence-corrected chi connectivity index (χ4v) is 1.33. The minimum Gasteiger partial charge on any atom is -0.497 e. The average molecular weight is 269 g/mol. The maximum atomic E-state index is 13.4. The third-order valence-corrected chi connectivity index (χ3v) is 2.19. The number of esters is 1. The van der Waals surface area contributed by atoms with Crippen LogP contribution in [0.15, 0.2) is 24.0 Å². The van der Waals surface area contributed by atoms with Crippen LogP contribution in [0.3, 0.4) is 0 Å². The molecule has 0 spiro atoms. The summed E-state index contributed by atoms with van der Waals surface area (Å²) in [6, 6.07) is 3.86. The molecule has 0 unspecified atom stereocenters. The van der Waals surface area contributed by atoms with E-state index in [2.05, 4.69) is 4.74 Å². The van der Waals surface area contributed by atoms with E-state index in [9.17, 15) is 19.3 Å². The Balaban J connectivity index is 3.16. The highest BCUT2D eigenvalue weighted by Gasteiger charge is 2.17. The van der Waals surface area contributed by atoms with Gasteiger partial charge in [-0.15, -0.1) is 0 Å². The lowest BCUT2D eigenvalue weighted by Crippen LogP contribution is -2.04. The Morgan fingerprint density at radius 1 is 1.53 bits per heavy atom. The van der Waals surface area contributed by atoms with Crippen molar-refractivity contribution in [3.05, 3.63) is 39.7 Å². The van der Waals surface area contributed by atoms with Gasteiger partial charge in [0.1, 0.15) is 5.75 Å². The van der Waals surface area contributed by atoms with Gasteiger partial charge in [-0.2, -0.15) is 4.39 Å². The number of methoxy groups -OCH3 is 1. The van der Waals surface area contributed by atoms with Crippen LogP contribution >= 0.6 is 0 Å². The molecule has 0 fully saturated rings. The SMILES string of the molecule is CCOC(=O)/C(F)=C/c1ccc(OC)cc1[N+](=O)[O-]. The minimum atomic E-state index is -1.20.